The summed E-state index contributed by atoms with van der Waals surface area (Å²) in [6, 6.07) is 7.17. The van der Waals surface area contributed by atoms with Crippen LogP contribution in [0.5, 0.6) is 5.75 Å². The van der Waals surface area contributed by atoms with Gasteiger partial charge in [-0.15, -0.1) is 10.2 Å². The van der Waals surface area contributed by atoms with Gasteiger partial charge in [0.2, 0.25) is 0 Å². The number of nitrogens with zero attached hydrogens (tertiary/aromatic N) is 3. The van der Waals surface area contributed by atoms with Crippen molar-refractivity contribution in [3.8, 4) is 17.1 Å². The third-order valence-electron chi connectivity index (χ3n) is 3.40. The Morgan fingerprint density at radius 3 is 3.10 bits per heavy atom. The van der Waals surface area contributed by atoms with Crippen LogP contribution < -0.4 is 10.5 Å². The predicted molar refractivity (Wildman–Crippen MR) is 73.1 cm³/mol. The van der Waals surface area contributed by atoms with Crippen molar-refractivity contribution in [3.63, 3.8) is 0 Å². The zero-order valence-corrected chi connectivity index (χ0v) is 11.3. The highest BCUT2D eigenvalue weighted by atomic mass is 19.1. The van der Waals surface area contributed by atoms with Gasteiger partial charge in [-0.2, -0.15) is 0 Å². The van der Waals surface area contributed by atoms with Crippen molar-refractivity contribution in [3.05, 3.63) is 30.1 Å². The minimum atomic E-state index is -0.956. The number of alkyl halides is 1. The fraction of sp³-hybridized carbons (Fsp3) is 0.429. The van der Waals surface area contributed by atoms with E-state index < -0.39 is 12.2 Å². The normalized spacial score (nSPS) is 21.6. The van der Waals surface area contributed by atoms with Crippen LogP contribution in [0.15, 0.2) is 24.3 Å². The van der Waals surface area contributed by atoms with Crippen LogP contribution >= 0.6 is 0 Å². The van der Waals surface area contributed by atoms with Crippen molar-refractivity contribution in [2.75, 3.05) is 6.61 Å². The second-order valence-corrected chi connectivity index (χ2v) is 4.89. The number of hydrogen-bond acceptors (Lipinski definition) is 4. The first kappa shape index (κ1) is 13.1. The first-order chi connectivity index (χ1) is 9.69. The van der Waals surface area contributed by atoms with Gasteiger partial charge in [-0.25, -0.2) is 4.39 Å². The summed E-state index contributed by atoms with van der Waals surface area (Å²) in [4.78, 5) is 0. The lowest BCUT2D eigenvalue weighted by molar-refractivity contribution is 0.231. The Kier molecular flexibility index (Phi) is 3.40. The topological polar surface area (TPSA) is 66.0 Å². The molecule has 3 rings (SSSR count). The van der Waals surface area contributed by atoms with Gasteiger partial charge in [0.15, 0.2) is 5.82 Å². The molecule has 0 saturated heterocycles. The molecule has 1 aliphatic rings. The van der Waals surface area contributed by atoms with E-state index in [1.54, 1.807) is 4.57 Å². The molecule has 0 radical (unpaired) electrons. The van der Waals surface area contributed by atoms with Gasteiger partial charge in [-0.05, 0) is 19.1 Å². The van der Waals surface area contributed by atoms with E-state index in [1.807, 2.05) is 31.2 Å². The summed E-state index contributed by atoms with van der Waals surface area (Å²) in [7, 11) is 0. The van der Waals surface area contributed by atoms with Gasteiger partial charge in [0.05, 0.1) is 19.2 Å². The molecule has 1 aromatic heterocycles. The fourth-order valence-corrected chi connectivity index (χ4v) is 2.53. The summed E-state index contributed by atoms with van der Waals surface area (Å²) in [6.45, 7) is 2.78. The molecule has 0 aliphatic carbocycles. The van der Waals surface area contributed by atoms with Crippen LogP contribution in [0.25, 0.3) is 11.4 Å². The SMILES string of the molecule is CCOc1cccc(-c2nnc3n2CC(F)CC3N)c1. The van der Waals surface area contributed by atoms with Crippen molar-refractivity contribution < 1.29 is 9.13 Å². The van der Waals surface area contributed by atoms with Crippen LogP contribution in [0.4, 0.5) is 4.39 Å². The Morgan fingerprint density at radius 1 is 1.45 bits per heavy atom. The van der Waals surface area contributed by atoms with Gasteiger partial charge in [-0.3, -0.25) is 0 Å². The monoisotopic (exact) mass is 276 g/mol. The molecular formula is C14H17FN4O. The zero-order chi connectivity index (χ0) is 14.1. The van der Waals surface area contributed by atoms with Crippen molar-refractivity contribution in [1.82, 2.24) is 14.8 Å². The Balaban J connectivity index is 2.01. The molecule has 2 N–H and O–H groups in total. The maximum absolute atomic E-state index is 13.7. The molecule has 1 aliphatic heterocycles. The number of nitrogens with two attached hydrogens (primary N) is 1. The average molecular weight is 276 g/mol. The minimum absolute atomic E-state index is 0.254. The fourth-order valence-electron chi connectivity index (χ4n) is 2.53. The summed E-state index contributed by atoms with van der Waals surface area (Å²) in [5.41, 5.74) is 6.78. The largest absolute Gasteiger partial charge is 0.494 e. The predicted octanol–water partition coefficient (Wildman–Crippen LogP) is 2.09. The minimum Gasteiger partial charge on any atom is -0.494 e. The van der Waals surface area contributed by atoms with Gasteiger partial charge in [-0.1, -0.05) is 12.1 Å². The number of halogens is 1. The zero-order valence-electron chi connectivity index (χ0n) is 11.3. The first-order valence-corrected chi connectivity index (χ1v) is 6.75. The number of fused-ring (bicyclic) bond motifs is 1. The van der Waals surface area contributed by atoms with E-state index in [0.29, 0.717) is 24.7 Å². The molecule has 0 amide bonds. The maximum atomic E-state index is 13.7. The second kappa shape index (κ2) is 5.20. The van der Waals surface area contributed by atoms with Crippen molar-refractivity contribution in [1.29, 1.82) is 0 Å². The van der Waals surface area contributed by atoms with Gasteiger partial charge in [0.25, 0.3) is 0 Å². The highest BCUT2D eigenvalue weighted by Crippen LogP contribution is 2.29. The van der Waals surface area contributed by atoms with Gasteiger partial charge < -0.3 is 15.0 Å². The molecule has 2 aromatic rings. The lowest BCUT2D eigenvalue weighted by Crippen LogP contribution is -2.29. The Bertz CT molecular complexity index is 613. The molecule has 2 atom stereocenters. The second-order valence-electron chi connectivity index (χ2n) is 4.89. The Morgan fingerprint density at radius 2 is 2.30 bits per heavy atom. The highest BCUT2D eigenvalue weighted by Gasteiger charge is 2.28. The van der Waals surface area contributed by atoms with Crippen molar-refractivity contribution >= 4 is 0 Å². The first-order valence-electron chi connectivity index (χ1n) is 6.75. The van der Waals surface area contributed by atoms with Gasteiger partial charge in [0.1, 0.15) is 17.7 Å². The van der Waals surface area contributed by atoms with Crippen LogP contribution in [0.3, 0.4) is 0 Å². The van der Waals surface area contributed by atoms with E-state index in [-0.39, 0.29) is 6.54 Å². The van der Waals surface area contributed by atoms with Crippen LogP contribution in [-0.2, 0) is 6.54 Å². The van der Waals surface area contributed by atoms with E-state index in [9.17, 15) is 4.39 Å². The number of hydrogen-bond donors (Lipinski definition) is 1. The molecule has 5 nitrogen and oxygen atoms in total. The number of benzene rings is 1. The molecule has 0 fully saturated rings. The average Bonchev–Trinajstić information content (AvgIpc) is 2.83. The molecule has 0 bridgehead atoms. The standard InChI is InChI=1S/C14H17FN4O/c1-2-20-11-5-3-4-9(6-11)13-17-18-14-12(16)7-10(15)8-19(13)14/h3-6,10,12H,2,7-8,16H2,1H3. The lowest BCUT2D eigenvalue weighted by Gasteiger charge is -2.23. The maximum Gasteiger partial charge on any atom is 0.164 e. The van der Waals surface area contributed by atoms with E-state index >= 15 is 0 Å². The highest BCUT2D eigenvalue weighted by molar-refractivity contribution is 5.58. The third kappa shape index (κ3) is 2.27. The number of ether oxygens (including phenoxy) is 1. The van der Waals surface area contributed by atoms with Gasteiger partial charge in [0, 0.05) is 12.0 Å². The molecule has 0 saturated carbocycles. The smallest absolute Gasteiger partial charge is 0.164 e. The summed E-state index contributed by atoms with van der Waals surface area (Å²) in [5, 5.41) is 8.27. The van der Waals surface area contributed by atoms with E-state index in [0.717, 1.165) is 11.3 Å². The molecular weight excluding hydrogens is 259 g/mol. The molecule has 2 unspecified atom stereocenters. The lowest BCUT2D eigenvalue weighted by atomic mass is 10.1. The van der Waals surface area contributed by atoms with Gasteiger partial charge >= 0.3 is 0 Å². The Hall–Kier alpha value is -1.95. The van der Waals surface area contributed by atoms with E-state index in [2.05, 4.69) is 10.2 Å². The summed E-state index contributed by atoms with van der Waals surface area (Å²) < 4.78 is 20.9. The quantitative estimate of drug-likeness (QED) is 0.932. The molecule has 1 aromatic carbocycles. The number of aromatic nitrogens is 3. The van der Waals surface area contributed by atoms with Crippen LogP contribution in [0.1, 0.15) is 25.2 Å². The van der Waals surface area contributed by atoms with Crippen molar-refractivity contribution in [2.24, 2.45) is 5.73 Å². The summed E-state index contributed by atoms with van der Waals surface area (Å²) in [6.07, 6.45) is -0.653. The molecule has 0 spiro atoms. The molecule has 20 heavy (non-hydrogen) atoms. The van der Waals surface area contributed by atoms with Crippen molar-refractivity contribution in [2.45, 2.75) is 32.1 Å². The van der Waals surface area contributed by atoms with Crippen LogP contribution in [-0.4, -0.2) is 27.5 Å². The van der Waals surface area contributed by atoms with E-state index in [4.69, 9.17) is 10.5 Å². The van der Waals surface area contributed by atoms with Crippen LogP contribution in [0.2, 0.25) is 0 Å². The van der Waals surface area contributed by atoms with E-state index in [1.165, 1.54) is 0 Å². The molecule has 106 valence electrons. The Labute approximate surface area is 116 Å². The third-order valence-corrected chi connectivity index (χ3v) is 3.40. The molecule has 2 heterocycles. The van der Waals surface area contributed by atoms with Crippen LogP contribution in [0, 0.1) is 0 Å². The molecule has 6 heteroatoms. The number of rotatable bonds is 3. The summed E-state index contributed by atoms with van der Waals surface area (Å²) >= 11 is 0. The summed E-state index contributed by atoms with van der Waals surface area (Å²) in [5.74, 6) is 2.05.